The van der Waals surface area contributed by atoms with Crippen molar-refractivity contribution in [3.05, 3.63) is 17.5 Å². The van der Waals surface area contributed by atoms with Gasteiger partial charge in [-0.05, 0) is 40.5 Å². The van der Waals surface area contributed by atoms with Crippen molar-refractivity contribution in [2.45, 2.75) is 58.2 Å². The van der Waals surface area contributed by atoms with Gasteiger partial charge in [-0.3, -0.25) is 0 Å². The van der Waals surface area contributed by atoms with Gasteiger partial charge < -0.3 is 15.0 Å². The van der Waals surface area contributed by atoms with E-state index >= 15 is 0 Å². The lowest BCUT2D eigenvalue weighted by atomic mass is 9.98. The summed E-state index contributed by atoms with van der Waals surface area (Å²) < 4.78 is 5.30. The summed E-state index contributed by atoms with van der Waals surface area (Å²) in [6, 6.07) is 2.12. The SMILES string of the molecule is CC1CC(NC(=O)OC(C)(C)C)CCN1c1cc(Cl)ncn1. The first kappa shape index (κ1) is 16.8. The Hall–Kier alpha value is -1.56. The number of nitrogens with zero attached hydrogens (tertiary/aromatic N) is 3. The standard InChI is InChI=1S/C15H23ClN4O2/c1-10-7-11(19-14(21)22-15(2,3)4)5-6-20(10)13-8-12(16)17-9-18-13/h8-11H,5-7H2,1-4H3,(H,19,21). The van der Waals surface area contributed by atoms with Gasteiger partial charge in [-0.2, -0.15) is 0 Å². The van der Waals surface area contributed by atoms with E-state index in [0.29, 0.717) is 5.15 Å². The highest BCUT2D eigenvalue weighted by molar-refractivity contribution is 6.29. The Morgan fingerprint density at radius 2 is 2.18 bits per heavy atom. The van der Waals surface area contributed by atoms with Gasteiger partial charge in [-0.1, -0.05) is 11.6 Å². The zero-order chi connectivity index (χ0) is 16.3. The maximum atomic E-state index is 11.8. The molecule has 1 saturated heterocycles. The monoisotopic (exact) mass is 326 g/mol. The number of aromatic nitrogens is 2. The van der Waals surface area contributed by atoms with E-state index in [9.17, 15) is 4.79 Å². The fraction of sp³-hybridized carbons (Fsp3) is 0.667. The molecule has 122 valence electrons. The van der Waals surface area contributed by atoms with E-state index in [1.54, 1.807) is 6.07 Å². The van der Waals surface area contributed by atoms with Crippen LogP contribution in [0.15, 0.2) is 12.4 Å². The van der Waals surface area contributed by atoms with Gasteiger partial charge in [-0.25, -0.2) is 14.8 Å². The molecule has 6 nitrogen and oxygen atoms in total. The van der Waals surface area contributed by atoms with Crippen LogP contribution in [0, 0.1) is 0 Å². The molecule has 7 heteroatoms. The quantitative estimate of drug-likeness (QED) is 0.846. The summed E-state index contributed by atoms with van der Waals surface area (Å²) in [6.07, 6.45) is 2.78. The Morgan fingerprint density at radius 1 is 1.45 bits per heavy atom. The maximum absolute atomic E-state index is 11.8. The van der Waals surface area contributed by atoms with Crippen molar-refractivity contribution in [2.75, 3.05) is 11.4 Å². The number of hydrogen-bond donors (Lipinski definition) is 1. The molecule has 1 aliphatic heterocycles. The van der Waals surface area contributed by atoms with Gasteiger partial charge in [0.25, 0.3) is 0 Å². The Balaban J connectivity index is 1.91. The second kappa shape index (κ2) is 6.69. The van der Waals surface area contributed by atoms with Crippen LogP contribution in [0.5, 0.6) is 0 Å². The minimum absolute atomic E-state index is 0.110. The number of halogens is 1. The number of ether oxygens (including phenoxy) is 1. The minimum atomic E-state index is -0.478. The van der Waals surface area contributed by atoms with Crippen molar-refractivity contribution in [2.24, 2.45) is 0 Å². The molecule has 1 aromatic rings. The molecule has 0 spiro atoms. The molecular formula is C15H23ClN4O2. The van der Waals surface area contributed by atoms with E-state index in [2.05, 4.69) is 27.1 Å². The van der Waals surface area contributed by atoms with E-state index < -0.39 is 5.60 Å². The van der Waals surface area contributed by atoms with Crippen molar-refractivity contribution in [1.82, 2.24) is 15.3 Å². The highest BCUT2D eigenvalue weighted by atomic mass is 35.5. The zero-order valence-corrected chi connectivity index (χ0v) is 14.2. The third-order valence-corrected chi connectivity index (χ3v) is 3.72. The lowest BCUT2D eigenvalue weighted by Crippen LogP contribution is -2.50. The van der Waals surface area contributed by atoms with Crippen LogP contribution in [0.1, 0.15) is 40.5 Å². The maximum Gasteiger partial charge on any atom is 0.407 e. The molecule has 2 heterocycles. The summed E-state index contributed by atoms with van der Waals surface area (Å²) in [5, 5.41) is 3.38. The van der Waals surface area contributed by atoms with Gasteiger partial charge in [0.15, 0.2) is 0 Å². The molecule has 1 amide bonds. The van der Waals surface area contributed by atoms with E-state index in [-0.39, 0.29) is 18.2 Å². The zero-order valence-electron chi connectivity index (χ0n) is 13.5. The number of hydrogen-bond acceptors (Lipinski definition) is 5. The van der Waals surface area contributed by atoms with Crippen molar-refractivity contribution in [3.63, 3.8) is 0 Å². The normalized spacial score (nSPS) is 22.3. The highest BCUT2D eigenvalue weighted by Gasteiger charge is 2.28. The number of piperidine rings is 1. The van der Waals surface area contributed by atoms with Crippen LogP contribution >= 0.6 is 11.6 Å². The second-order valence-electron chi connectivity index (χ2n) is 6.61. The first-order chi connectivity index (χ1) is 10.2. The molecule has 2 atom stereocenters. The van der Waals surface area contributed by atoms with Crippen molar-refractivity contribution in [1.29, 1.82) is 0 Å². The van der Waals surface area contributed by atoms with Gasteiger partial charge in [0, 0.05) is 24.7 Å². The first-order valence-electron chi connectivity index (χ1n) is 7.48. The molecule has 1 N–H and O–H groups in total. The molecule has 0 bridgehead atoms. The highest BCUT2D eigenvalue weighted by Crippen LogP contribution is 2.24. The Kier molecular flexibility index (Phi) is 5.11. The predicted octanol–water partition coefficient (Wildman–Crippen LogP) is 3.01. The van der Waals surface area contributed by atoms with Crippen LogP contribution in [-0.4, -0.2) is 40.3 Å². The van der Waals surface area contributed by atoms with Crippen molar-refractivity contribution in [3.8, 4) is 0 Å². The molecule has 0 aliphatic carbocycles. The van der Waals surface area contributed by atoms with Crippen LogP contribution in [0.25, 0.3) is 0 Å². The fourth-order valence-electron chi connectivity index (χ4n) is 2.60. The van der Waals surface area contributed by atoms with Gasteiger partial charge in [0.2, 0.25) is 0 Å². The largest absolute Gasteiger partial charge is 0.444 e. The molecule has 0 radical (unpaired) electrons. The minimum Gasteiger partial charge on any atom is -0.444 e. The number of carbonyl (C=O) groups excluding carboxylic acids is 1. The van der Waals surface area contributed by atoms with Crippen LogP contribution in [0.4, 0.5) is 10.6 Å². The van der Waals surface area contributed by atoms with Crippen LogP contribution in [0.2, 0.25) is 5.15 Å². The first-order valence-corrected chi connectivity index (χ1v) is 7.86. The Labute approximate surface area is 136 Å². The summed E-state index contributed by atoms with van der Waals surface area (Å²) in [5.41, 5.74) is -0.478. The van der Waals surface area contributed by atoms with Crippen molar-refractivity contribution < 1.29 is 9.53 Å². The number of rotatable bonds is 2. The summed E-state index contributed by atoms with van der Waals surface area (Å²) in [6.45, 7) is 8.48. The number of nitrogens with one attached hydrogen (secondary N) is 1. The topological polar surface area (TPSA) is 67.3 Å². The lowest BCUT2D eigenvalue weighted by molar-refractivity contribution is 0.0494. The average molecular weight is 327 g/mol. The Morgan fingerprint density at radius 3 is 2.77 bits per heavy atom. The molecule has 1 aromatic heterocycles. The van der Waals surface area contributed by atoms with Gasteiger partial charge in [0.05, 0.1) is 0 Å². The van der Waals surface area contributed by atoms with Crippen LogP contribution < -0.4 is 10.2 Å². The van der Waals surface area contributed by atoms with E-state index in [1.165, 1.54) is 6.33 Å². The molecular weight excluding hydrogens is 304 g/mol. The van der Waals surface area contributed by atoms with E-state index in [4.69, 9.17) is 16.3 Å². The predicted molar refractivity (Wildman–Crippen MR) is 86.2 cm³/mol. The number of carbonyl (C=O) groups is 1. The average Bonchev–Trinajstić information content (AvgIpc) is 2.36. The summed E-state index contributed by atoms with van der Waals surface area (Å²) >= 11 is 5.92. The molecule has 1 aliphatic rings. The van der Waals surface area contributed by atoms with E-state index in [1.807, 2.05) is 20.8 Å². The summed E-state index contributed by atoms with van der Waals surface area (Å²) in [4.78, 5) is 22.2. The van der Waals surface area contributed by atoms with Crippen LogP contribution in [-0.2, 0) is 4.74 Å². The smallest absolute Gasteiger partial charge is 0.407 e. The van der Waals surface area contributed by atoms with Gasteiger partial charge in [0.1, 0.15) is 22.9 Å². The molecule has 2 unspecified atom stereocenters. The molecule has 0 aromatic carbocycles. The number of anilines is 1. The molecule has 22 heavy (non-hydrogen) atoms. The van der Waals surface area contributed by atoms with Gasteiger partial charge in [-0.15, -0.1) is 0 Å². The van der Waals surface area contributed by atoms with Gasteiger partial charge >= 0.3 is 6.09 Å². The number of amides is 1. The second-order valence-corrected chi connectivity index (χ2v) is 7.00. The van der Waals surface area contributed by atoms with E-state index in [0.717, 1.165) is 25.2 Å². The molecule has 2 rings (SSSR count). The van der Waals surface area contributed by atoms with Crippen molar-refractivity contribution >= 4 is 23.5 Å². The molecule has 0 saturated carbocycles. The third kappa shape index (κ3) is 4.73. The third-order valence-electron chi connectivity index (χ3n) is 3.51. The summed E-state index contributed by atoms with van der Waals surface area (Å²) in [7, 11) is 0. The Bertz CT molecular complexity index is 533. The summed E-state index contributed by atoms with van der Waals surface area (Å²) in [5.74, 6) is 0.822. The number of alkyl carbamates (subject to hydrolysis) is 1. The molecule has 1 fully saturated rings. The fourth-order valence-corrected chi connectivity index (χ4v) is 2.74. The van der Waals surface area contributed by atoms with Crippen LogP contribution in [0.3, 0.4) is 0 Å². The lowest BCUT2D eigenvalue weighted by Gasteiger charge is -2.38.